The Kier molecular flexibility index (Phi) is 3.15. The fourth-order valence-electron chi connectivity index (χ4n) is 1.50. The molecule has 0 amide bonds. The van der Waals surface area contributed by atoms with Crippen LogP contribution in [0.25, 0.3) is 0 Å². The van der Waals surface area contributed by atoms with Crippen LogP contribution in [0.5, 0.6) is 0 Å². The molecule has 1 N–H and O–H groups in total. The molecule has 3 heteroatoms. The van der Waals surface area contributed by atoms with Crippen molar-refractivity contribution in [2.24, 2.45) is 0 Å². The lowest BCUT2D eigenvalue weighted by atomic mass is 10.2. The van der Waals surface area contributed by atoms with Gasteiger partial charge in [-0.1, -0.05) is 18.2 Å². The molecule has 0 aliphatic heterocycles. The van der Waals surface area contributed by atoms with E-state index in [2.05, 4.69) is 10.3 Å². The van der Waals surface area contributed by atoms with Crippen LogP contribution in [0, 0.1) is 12.7 Å². The number of nitrogens with zero attached hydrogens (tertiary/aromatic N) is 1. The Labute approximate surface area is 94.2 Å². The van der Waals surface area contributed by atoms with E-state index in [1.807, 2.05) is 25.1 Å². The first-order valence-corrected chi connectivity index (χ1v) is 5.16. The lowest BCUT2D eigenvalue weighted by Gasteiger charge is -2.08. The van der Waals surface area contributed by atoms with E-state index in [4.69, 9.17) is 0 Å². The number of benzene rings is 1. The normalized spacial score (nSPS) is 10.1. The highest BCUT2D eigenvalue weighted by Crippen LogP contribution is 2.13. The number of aromatic nitrogens is 1. The number of anilines is 1. The van der Waals surface area contributed by atoms with Crippen LogP contribution in [-0.4, -0.2) is 4.98 Å². The van der Waals surface area contributed by atoms with E-state index in [-0.39, 0.29) is 5.82 Å². The molecule has 0 spiro atoms. The van der Waals surface area contributed by atoms with E-state index in [1.165, 1.54) is 6.07 Å². The van der Waals surface area contributed by atoms with Crippen molar-refractivity contribution >= 4 is 5.69 Å². The molecule has 0 saturated heterocycles. The average molecular weight is 216 g/mol. The van der Waals surface area contributed by atoms with Crippen molar-refractivity contribution < 1.29 is 4.39 Å². The Morgan fingerprint density at radius 1 is 1.19 bits per heavy atom. The molecule has 2 rings (SSSR count). The number of aryl methyl sites for hydroxylation is 1. The van der Waals surface area contributed by atoms with Gasteiger partial charge in [0.05, 0.1) is 11.4 Å². The van der Waals surface area contributed by atoms with Crippen LogP contribution in [0.3, 0.4) is 0 Å². The predicted octanol–water partition coefficient (Wildman–Crippen LogP) is 3.14. The summed E-state index contributed by atoms with van der Waals surface area (Å²) in [6, 6.07) is 10.5. The number of pyridine rings is 1. The van der Waals surface area contributed by atoms with Crippen LogP contribution in [0.1, 0.15) is 11.3 Å². The van der Waals surface area contributed by atoms with E-state index >= 15 is 0 Å². The zero-order valence-electron chi connectivity index (χ0n) is 9.07. The molecule has 0 radical (unpaired) electrons. The van der Waals surface area contributed by atoms with Gasteiger partial charge in [0.15, 0.2) is 0 Å². The molecule has 1 heterocycles. The zero-order valence-corrected chi connectivity index (χ0v) is 9.07. The largest absolute Gasteiger partial charge is 0.379 e. The SMILES string of the molecule is Cc1ncccc1NCc1ccccc1F. The third-order valence-corrected chi connectivity index (χ3v) is 2.43. The quantitative estimate of drug-likeness (QED) is 0.852. The first-order chi connectivity index (χ1) is 7.77. The van der Waals surface area contributed by atoms with Crippen molar-refractivity contribution in [3.8, 4) is 0 Å². The predicted molar refractivity (Wildman–Crippen MR) is 62.7 cm³/mol. The Bertz CT molecular complexity index is 437. The van der Waals surface area contributed by atoms with Gasteiger partial charge in [0.25, 0.3) is 0 Å². The molecule has 2 nitrogen and oxygen atoms in total. The smallest absolute Gasteiger partial charge is 0.128 e. The van der Waals surface area contributed by atoms with Gasteiger partial charge in [0.2, 0.25) is 0 Å². The summed E-state index contributed by atoms with van der Waals surface area (Å²) in [7, 11) is 0. The van der Waals surface area contributed by atoms with Gasteiger partial charge in [0, 0.05) is 18.3 Å². The lowest BCUT2D eigenvalue weighted by molar-refractivity contribution is 0.613. The zero-order chi connectivity index (χ0) is 11.4. The standard InChI is InChI=1S/C13H13FN2/c1-10-13(7-4-8-15-10)16-9-11-5-2-3-6-12(11)14/h2-8,16H,9H2,1H3. The molecular formula is C13H13FN2. The number of hydrogen-bond acceptors (Lipinski definition) is 2. The van der Waals surface area contributed by atoms with Gasteiger partial charge in [-0.25, -0.2) is 4.39 Å². The second-order valence-corrected chi connectivity index (χ2v) is 3.58. The van der Waals surface area contributed by atoms with Gasteiger partial charge in [-0.15, -0.1) is 0 Å². The van der Waals surface area contributed by atoms with Crippen LogP contribution in [-0.2, 0) is 6.54 Å². The molecule has 1 aromatic heterocycles. The van der Waals surface area contributed by atoms with Gasteiger partial charge in [-0.05, 0) is 25.1 Å². The second kappa shape index (κ2) is 4.75. The molecule has 0 bridgehead atoms. The third-order valence-electron chi connectivity index (χ3n) is 2.43. The van der Waals surface area contributed by atoms with Gasteiger partial charge < -0.3 is 5.32 Å². The summed E-state index contributed by atoms with van der Waals surface area (Å²) in [6.45, 7) is 2.39. The highest BCUT2D eigenvalue weighted by atomic mass is 19.1. The minimum atomic E-state index is -0.184. The molecule has 0 aliphatic rings. The molecule has 2 aromatic rings. The monoisotopic (exact) mass is 216 g/mol. The fourth-order valence-corrected chi connectivity index (χ4v) is 1.50. The summed E-state index contributed by atoms with van der Waals surface area (Å²) in [4.78, 5) is 4.16. The Morgan fingerprint density at radius 2 is 2.00 bits per heavy atom. The molecule has 82 valence electrons. The van der Waals surface area contributed by atoms with Gasteiger partial charge in [-0.2, -0.15) is 0 Å². The molecule has 0 unspecified atom stereocenters. The second-order valence-electron chi connectivity index (χ2n) is 3.58. The molecule has 0 saturated carbocycles. The lowest BCUT2D eigenvalue weighted by Crippen LogP contribution is -2.03. The topological polar surface area (TPSA) is 24.9 Å². The van der Waals surface area contributed by atoms with Crippen molar-refractivity contribution in [1.29, 1.82) is 0 Å². The van der Waals surface area contributed by atoms with Gasteiger partial charge in [-0.3, -0.25) is 4.98 Å². The number of rotatable bonds is 3. The van der Waals surface area contributed by atoms with E-state index in [0.717, 1.165) is 11.4 Å². The fraction of sp³-hybridized carbons (Fsp3) is 0.154. The van der Waals surface area contributed by atoms with Gasteiger partial charge >= 0.3 is 0 Å². The summed E-state index contributed by atoms with van der Waals surface area (Å²) in [6.07, 6.45) is 1.74. The van der Waals surface area contributed by atoms with Crippen LogP contribution in [0.15, 0.2) is 42.6 Å². The van der Waals surface area contributed by atoms with Crippen LogP contribution >= 0.6 is 0 Å². The van der Waals surface area contributed by atoms with Crippen molar-refractivity contribution in [2.75, 3.05) is 5.32 Å². The summed E-state index contributed by atoms with van der Waals surface area (Å²) >= 11 is 0. The van der Waals surface area contributed by atoms with E-state index in [1.54, 1.807) is 18.3 Å². The van der Waals surface area contributed by atoms with Crippen LogP contribution < -0.4 is 5.32 Å². The highest BCUT2D eigenvalue weighted by Gasteiger charge is 2.01. The molecule has 0 fully saturated rings. The highest BCUT2D eigenvalue weighted by molar-refractivity contribution is 5.47. The van der Waals surface area contributed by atoms with E-state index in [0.29, 0.717) is 12.1 Å². The first-order valence-electron chi connectivity index (χ1n) is 5.16. The molecule has 0 atom stereocenters. The van der Waals surface area contributed by atoms with Gasteiger partial charge in [0.1, 0.15) is 5.82 Å². The summed E-state index contributed by atoms with van der Waals surface area (Å²) in [5.41, 5.74) is 2.51. The van der Waals surface area contributed by atoms with E-state index in [9.17, 15) is 4.39 Å². The number of halogens is 1. The maximum absolute atomic E-state index is 13.3. The maximum atomic E-state index is 13.3. The Hall–Kier alpha value is -1.90. The molecule has 16 heavy (non-hydrogen) atoms. The maximum Gasteiger partial charge on any atom is 0.128 e. The molecule has 1 aromatic carbocycles. The van der Waals surface area contributed by atoms with Crippen LogP contribution in [0.2, 0.25) is 0 Å². The number of hydrogen-bond donors (Lipinski definition) is 1. The van der Waals surface area contributed by atoms with Crippen molar-refractivity contribution in [2.45, 2.75) is 13.5 Å². The average Bonchev–Trinajstić information content (AvgIpc) is 2.30. The van der Waals surface area contributed by atoms with Crippen molar-refractivity contribution in [1.82, 2.24) is 4.98 Å². The summed E-state index contributed by atoms with van der Waals surface area (Å²) < 4.78 is 13.3. The molecule has 0 aliphatic carbocycles. The van der Waals surface area contributed by atoms with Crippen molar-refractivity contribution in [3.63, 3.8) is 0 Å². The van der Waals surface area contributed by atoms with Crippen LogP contribution in [0.4, 0.5) is 10.1 Å². The number of nitrogens with one attached hydrogen (secondary N) is 1. The van der Waals surface area contributed by atoms with Crippen molar-refractivity contribution in [3.05, 3.63) is 59.7 Å². The van der Waals surface area contributed by atoms with E-state index < -0.39 is 0 Å². The minimum absolute atomic E-state index is 0.184. The Balaban J connectivity index is 2.09. The summed E-state index contributed by atoms with van der Waals surface area (Å²) in [5.74, 6) is -0.184. The Morgan fingerprint density at radius 3 is 2.75 bits per heavy atom. The summed E-state index contributed by atoms with van der Waals surface area (Å²) in [5, 5.41) is 3.17. The third kappa shape index (κ3) is 2.37. The first kappa shape index (κ1) is 10.6. The molecular weight excluding hydrogens is 203 g/mol. The minimum Gasteiger partial charge on any atom is -0.379 e.